The lowest BCUT2D eigenvalue weighted by molar-refractivity contribution is -0.142. The number of benzene rings is 1. The van der Waals surface area contributed by atoms with Crippen LogP contribution in [0.4, 0.5) is 4.79 Å². The van der Waals surface area contributed by atoms with Gasteiger partial charge in [-0.1, -0.05) is 30.3 Å². The number of fused-ring (bicyclic) bond motifs is 1. The SMILES string of the molecule is O=C(N[C@H]1C[C@@H](C(=O)O)[C@@H]2C[C@@H]21)OCc1ccccc1. The van der Waals surface area contributed by atoms with Gasteiger partial charge in [0.05, 0.1) is 5.92 Å². The lowest BCUT2D eigenvalue weighted by Gasteiger charge is -2.15. The Hall–Kier alpha value is -2.04. The van der Waals surface area contributed by atoms with E-state index in [0.717, 1.165) is 12.0 Å². The highest BCUT2D eigenvalue weighted by Crippen LogP contribution is 2.55. The molecule has 4 atom stereocenters. The average Bonchev–Trinajstić information content (AvgIpc) is 3.15. The van der Waals surface area contributed by atoms with Gasteiger partial charge in [-0.3, -0.25) is 4.79 Å². The number of carbonyl (C=O) groups is 2. The van der Waals surface area contributed by atoms with Crippen LogP contribution in [0.5, 0.6) is 0 Å². The quantitative estimate of drug-likeness (QED) is 0.881. The minimum absolute atomic E-state index is 0.0515. The van der Waals surface area contributed by atoms with Gasteiger partial charge in [0.15, 0.2) is 0 Å². The molecule has 106 valence electrons. The highest BCUT2D eigenvalue weighted by molar-refractivity contribution is 5.73. The van der Waals surface area contributed by atoms with E-state index in [-0.39, 0.29) is 24.5 Å². The van der Waals surface area contributed by atoms with Gasteiger partial charge in [0, 0.05) is 6.04 Å². The average molecular weight is 275 g/mol. The summed E-state index contributed by atoms with van der Waals surface area (Å²) in [6.45, 7) is 0.232. The highest BCUT2D eigenvalue weighted by Gasteiger charge is 2.57. The van der Waals surface area contributed by atoms with Gasteiger partial charge < -0.3 is 15.2 Å². The van der Waals surface area contributed by atoms with Crippen molar-refractivity contribution in [1.29, 1.82) is 0 Å². The van der Waals surface area contributed by atoms with Crippen molar-refractivity contribution in [2.75, 3.05) is 0 Å². The van der Waals surface area contributed by atoms with Crippen molar-refractivity contribution in [3.05, 3.63) is 35.9 Å². The Bertz CT molecular complexity index is 516. The molecule has 5 heteroatoms. The third kappa shape index (κ3) is 2.61. The normalized spacial score (nSPS) is 30.4. The van der Waals surface area contributed by atoms with Crippen LogP contribution in [0, 0.1) is 17.8 Å². The Kier molecular flexibility index (Phi) is 3.34. The molecule has 0 bridgehead atoms. The standard InChI is InChI=1S/C15H17NO4/c17-14(18)12-7-13(11-6-10(11)12)16-15(19)20-8-9-4-2-1-3-5-9/h1-5,10-13H,6-8H2,(H,16,19)(H,17,18)/t10-,11+,12-,13+/m1/s1. The highest BCUT2D eigenvalue weighted by atomic mass is 16.5. The number of carboxylic acids is 1. The molecule has 3 rings (SSSR count). The third-order valence-electron chi connectivity index (χ3n) is 4.27. The fourth-order valence-corrected chi connectivity index (χ4v) is 3.15. The molecule has 2 aliphatic rings. The fourth-order valence-electron chi connectivity index (χ4n) is 3.15. The zero-order chi connectivity index (χ0) is 14.1. The number of carboxylic acid groups (broad SMARTS) is 1. The summed E-state index contributed by atoms with van der Waals surface area (Å²) in [5, 5.41) is 11.9. The van der Waals surface area contributed by atoms with E-state index < -0.39 is 12.1 Å². The van der Waals surface area contributed by atoms with Crippen molar-refractivity contribution in [2.24, 2.45) is 17.8 Å². The van der Waals surface area contributed by atoms with Gasteiger partial charge in [0.1, 0.15) is 6.61 Å². The van der Waals surface area contributed by atoms with Crippen molar-refractivity contribution in [3.8, 4) is 0 Å². The topological polar surface area (TPSA) is 75.6 Å². The minimum Gasteiger partial charge on any atom is -0.481 e. The maximum atomic E-state index is 11.7. The van der Waals surface area contributed by atoms with E-state index >= 15 is 0 Å². The van der Waals surface area contributed by atoms with Gasteiger partial charge in [0.25, 0.3) is 0 Å². The summed E-state index contributed by atoms with van der Waals surface area (Å²) in [6.07, 6.45) is 0.960. The van der Waals surface area contributed by atoms with Crippen molar-refractivity contribution in [2.45, 2.75) is 25.5 Å². The molecule has 1 amide bonds. The molecule has 2 aliphatic carbocycles. The first kappa shape index (κ1) is 13.0. The Balaban J connectivity index is 1.47. The summed E-state index contributed by atoms with van der Waals surface area (Å²) in [6, 6.07) is 9.41. The van der Waals surface area contributed by atoms with Gasteiger partial charge in [0.2, 0.25) is 0 Å². The molecule has 0 spiro atoms. The predicted octanol–water partition coefficient (Wildman–Crippen LogP) is 2.02. The van der Waals surface area contributed by atoms with Gasteiger partial charge in [-0.2, -0.15) is 0 Å². The maximum Gasteiger partial charge on any atom is 0.407 e. The van der Waals surface area contributed by atoms with Crippen LogP contribution in [0.2, 0.25) is 0 Å². The molecule has 0 unspecified atom stereocenters. The Morgan fingerprint density at radius 2 is 1.95 bits per heavy atom. The smallest absolute Gasteiger partial charge is 0.407 e. The Morgan fingerprint density at radius 3 is 2.60 bits per heavy atom. The number of alkyl carbamates (subject to hydrolysis) is 1. The zero-order valence-corrected chi connectivity index (χ0v) is 11.0. The summed E-state index contributed by atoms with van der Waals surface area (Å²) in [7, 11) is 0. The number of carbonyl (C=O) groups excluding carboxylic acids is 1. The van der Waals surface area contributed by atoms with Gasteiger partial charge in [-0.25, -0.2) is 4.79 Å². The number of rotatable bonds is 4. The molecule has 1 aromatic rings. The minimum atomic E-state index is -0.751. The second kappa shape index (κ2) is 5.15. The van der Waals surface area contributed by atoms with E-state index in [4.69, 9.17) is 9.84 Å². The summed E-state index contributed by atoms with van der Waals surface area (Å²) >= 11 is 0. The number of amides is 1. The monoisotopic (exact) mass is 275 g/mol. The third-order valence-corrected chi connectivity index (χ3v) is 4.27. The molecule has 0 radical (unpaired) electrons. The number of hydrogen-bond donors (Lipinski definition) is 2. The van der Waals surface area contributed by atoms with E-state index in [1.165, 1.54) is 0 Å². The van der Waals surface area contributed by atoms with Crippen molar-refractivity contribution < 1.29 is 19.4 Å². The molecular weight excluding hydrogens is 258 g/mol. The molecule has 2 N–H and O–H groups in total. The Labute approximate surface area is 116 Å². The van der Waals surface area contributed by atoms with Crippen LogP contribution in [0.1, 0.15) is 18.4 Å². The van der Waals surface area contributed by atoms with Crippen molar-refractivity contribution >= 4 is 12.1 Å². The van der Waals surface area contributed by atoms with Gasteiger partial charge in [-0.05, 0) is 30.2 Å². The first-order valence-corrected chi connectivity index (χ1v) is 6.85. The number of ether oxygens (including phenoxy) is 1. The fraction of sp³-hybridized carbons (Fsp3) is 0.467. The molecule has 2 saturated carbocycles. The molecular formula is C15H17NO4. The molecule has 0 heterocycles. The molecule has 0 saturated heterocycles. The number of aliphatic carboxylic acids is 1. The van der Waals surface area contributed by atoms with Crippen LogP contribution in [0.3, 0.4) is 0 Å². The van der Waals surface area contributed by atoms with E-state index in [1.54, 1.807) is 0 Å². The van der Waals surface area contributed by atoms with Gasteiger partial charge in [-0.15, -0.1) is 0 Å². The van der Waals surface area contributed by atoms with Crippen LogP contribution in [-0.4, -0.2) is 23.2 Å². The Morgan fingerprint density at radius 1 is 1.20 bits per heavy atom. The van der Waals surface area contributed by atoms with Crippen molar-refractivity contribution in [3.63, 3.8) is 0 Å². The summed E-state index contributed by atoms with van der Waals surface area (Å²) < 4.78 is 5.16. The first-order chi connectivity index (χ1) is 9.65. The largest absolute Gasteiger partial charge is 0.481 e. The van der Waals surface area contributed by atoms with Crippen LogP contribution in [0.25, 0.3) is 0 Å². The van der Waals surface area contributed by atoms with E-state index in [2.05, 4.69) is 5.32 Å². The molecule has 0 aliphatic heterocycles. The summed E-state index contributed by atoms with van der Waals surface area (Å²) in [4.78, 5) is 22.8. The number of nitrogens with one attached hydrogen (secondary N) is 1. The van der Waals surface area contributed by atoms with Crippen molar-refractivity contribution in [1.82, 2.24) is 5.32 Å². The molecule has 0 aromatic heterocycles. The van der Waals surface area contributed by atoms with Gasteiger partial charge >= 0.3 is 12.1 Å². The molecule has 2 fully saturated rings. The van der Waals surface area contributed by atoms with Crippen LogP contribution in [-0.2, 0) is 16.1 Å². The second-order valence-corrected chi connectivity index (χ2v) is 5.56. The lowest BCUT2D eigenvalue weighted by atomic mass is 10.0. The molecule has 20 heavy (non-hydrogen) atoms. The first-order valence-electron chi connectivity index (χ1n) is 6.85. The zero-order valence-electron chi connectivity index (χ0n) is 11.0. The predicted molar refractivity (Wildman–Crippen MR) is 70.9 cm³/mol. The van der Waals surface area contributed by atoms with E-state index in [1.807, 2.05) is 30.3 Å². The number of hydrogen-bond acceptors (Lipinski definition) is 3. The maximum absolute atomic E-state index is 11.7. The lowest BCUT2D eigenvalue weighted by Crippen LogP contribution is -2.36. The molecule has 1 aromatic carbocycles. The van der Waals surface area contributed by atoms with E-state index in [0.29, 0.717) is 12.3 Å². The second-order valence-electron chi connectivity index (χ2n) is 5.56. The van der Waals surface area contributed by atoms with Crippen LogP contribution < -0.4 is 5.32 Å². The molecule has 5 nitrogen and oxygen atoms in total. The summed E-state index contributed by atoms with van der Waals surface area (Å²) in [5.74, 6) is -0.494. The van der Waals surface area contributed by atoms with Crippen LogP contribution >= 0.6 is 0 Å². The van der Waals surface area contributed by atoms with E-state index in [9.17, 15) is 9.59 Å². The van der Waals surface area contributed by atoms with Crippen LogP contribution in [0.15, 0.2) is 30.3 Å². The summed E-state index contributed by atoms with van der Waals surface area (Å²) in [5.41, 5.74) is 0.932.